The van der Waals surface area contributed by atoms with Gasteiger partial charge in [-0.2, -0.15) is 0 Å². The Bertz CT molecular complexity index is 625. The minimum Gasteiger partial charge on any atom is -0.421 e. The first-order valence-corrected chi connectivity index (χ1v) is 7.78. The number of hydrogen-bond acceptors (Lipinski definition) is 5. The molecule has 23 heavy (non-hydrogen) atoms. The number of aryl methyl sites for hydroxylation is 1. The van der Waals surface area contributed by atoms with Crippen molar-refractivity contribution in [3.05, 3.63) is 30.2 Å². The molecule has 1 heterocycles. The minimum absolute atomic E-state index is 0.236. The van der Waals surface area contributed by atoms with Gasteiger partial charge in [-0.3, -0.25) is 0 Å². The second-order valence-corrected chi connectivity index (χ2v) is 5.21. The third-order valence-corrected chi connectivity index (χ3v) is 3.28. The number of carbonyl (C=O) groups excluding carboxylic acids is 1. The van der Waals surface area contributed by atoms with E-state index < -0.39 is 6.10 Å². The second-order valence-electron chi connectivity index (χ2n) is 5.21. The van der Waals surface area contributed by atoms with Crippen LogP contribution in [0, 0.1) is 0 Å². The summed E-state index contributed by atoms with van der Waals surface area (Å²) in [7, 11) is 0. The summed E-state index contributed by atoms with van der Waals surface area (Å²) in [6.45, 7) is 4.16. The van der Waals surface area contributed by atoms with Gasteiger partial charge in [-0.1, -0.05) is 20.3 Å². The number of aliphatic hydroxyl groups excluding tert-OH is 1. The van der Waals surface area contributed by atoms with E-state index in [1.807, 2.05) is 13.8 Å². The fourth-order valence-corrected chi connectivity index (χ4v) is 2.03. The maximum atomic E-state index is 11.7. The van der Waals surface area contributed by atoms with Crippen LogP contribution in [0.1, 0.15) is 32.6 Å². The maximum absolute atomic E-state index is 11.7. The quantitative estimate of drug-likeness (QED) is 0.728. The summed E-state index contributed by atoms with van der Waals surface area (Å²) in [6, 6.07) is 6.77. The van der Waals surface area contributed by atoms with Crippen LogP contribution in [-0.4, -0.2) is 34.0 Å². The number of nitrogens with zero attached hydrogens (tertiary/aromatic N) is 2. The number of rotatable bonds is 7. The van der Waals surface area contributed by atoms with E-state index >= 15 is 0 Å². The minimum atomic E-state index is -0.515. The first-order valence-electron chi connectivity index (χ1n) is 7.78. The van der Waals surface area contributed by atoms with Gasteiger partial charge in [-0.05, 0) is 30.7 Å². The molecule has 2 aromatic rings. The molecule has 7 nitrogen and oxygen atoms in total. The summed E-state index contributed by atoms with van der Waals surface area (Å²) in [5.41, 5.74) is 1.44. The molecule has 124 valence electrons. The summed E-state index contributed by atoms with van der Waals surface area (Å²) >= 11 is 0. The van der Waals surface area contributed by atoms with Gasteiger partial charge < -0.3 is 20.2 Å². The van der Waals surface area contributed by atoms with Crippen LogP contribution in [0.2, 0.25) is 0 Å². The van der Waals surface area contributed by atoms with Crippen molar-refractivity contribution < 1.29 is 14.3 Å². The van der Waals surface area contributed by atoms with E-state index in [0.29, 0.717) is 30.3 Å². The van der Waals surface area contributed by atoms with Crippen molar-refractivity contribution >= 4 is 11.7 Å². The fourth-order valence-electron chi connectivity index (χ4n) is 2.03. The van der Waals surface area contributed by atoms with Gasteiger partial charge in [0.25, 0.3) is 0 Å². The van der Waals surface area contributed by atoms with Crippen molar-refractivity contribution in [1.82, 2.24) is 15.5 Å². The molecule has 1 atom stereocenters. The molecular weight excluding hydrogens is 296 g/mol. The highest BCUT2D eigenvalue weighted by Crippen LogP contribution is 2.20. The third-order valence-electron chi connectivity index (χ3n) is 3.28. The zero-order valence-corrected chi connectivity index (χ0v) is 13.4. The standard InChI is InChI=1S/C16H22N4O3/c1-3-5-13(21)10-17-16(22)18-12-8-6-11(7-9-12)15-20-19-14(4-2)23-15/h6-9,13,21H,3-5,10H2,1-2H3,(H2,17,18,22). The molecule has 3 N–H and O–H groups in total. The predicted octanol–water partition coefficient (Wildman–Crippen LogP) is 2.58. The molecule has 1 aromatic carbocycles. The lowest BCUT2D eigenvalue weighted by Gasteiger charge is -2.11. The number of aliphatic hydroxyl groups is 1. The van der Waals surface area contributed by atoms with E-state index in [-0.39, 0.29) is 12.6 Å². The van der Waals surface area contributed by atoms with E-state index in [1.165, 1.54) is 0 Å². The highest BCUT2D eigenvalue weighted by atomic mass is 16.4. The molecule has 0 aliphatic carbocycles. The van der Waals surface area contributed by atoms with Gasteiger partial charge in [0.15, 0.2) is 0 Å². The Labute approximate surface area is 135 Å². The average Bonchev–Trinajstić information content (AvgIpc) is 3.03. The second kappa shape index (κ2) is 8.28. The first-order chi connectivity index (χ1) is 11.1. The van der Waals surface area contributed by atoms with Gasteiger partial charge in [-0.25, -0.2) is 4.79 Å². The van der Waals surface area contributed by atoms with Gasteiger partial charge in [0.2, 0.25) is 11.8 Å². The Morgan fingerprint density at radius 1 is 1.26 bits per heavy atom. The van der Waals surface area contributed by atoms with Crippen LogP contribution in [0.25, 0.3) is 11.5 Å². The molecule has 2 amide bonds. The number of hydrogen-bond donors (Lipinski definition) is 3. The number of nitrogens with one attached hydrogen (secondary N) is 2. The lowest BCUT2D eigenvalue weighted by atomic mass is 10.2. The maximum Gasteiger partial charge on any atom is 0.319 e. The summed E-state index contributed by atoms with van der Waals surface area (Å²) < 4.78 is 5.48. The number of carbonyl (C=O) groups is 1. The smallest absolute Gasteiger partial charge is 0.319 e. The molecule has 7 heteroatoms. The number of urea groups is 1. The molecule has 0 aliphatic rings. The average molecular weight is 318 g/mol. The van der Waals surface area contributed by atoms with E-state index in [4.69, 9.17) is 4.42 Å². The lowest BCUT2D eigenvalue weighted by molar-refractivity contribution is 0.162. The lowest BCUT2D eigenvalue weighted by Crippen LogP contribution is -2.35. The molecule has 1 unspecified atom stereocenters. The van der Waals surface area contributed by atoms with Crippen molar-refractivity contribution in [2.45, 2.75) is 39.2 Å². The fraction of sp³-hybridized carbons (Fsp3) is 0.438. The Kier molecular flexibility index (Phi) is 6.10. The molecule has 0 saturated heterocycles. The monoisotopic (exact) mass is 318 g/mol. The van der Waals surface area contributed by atoms with Crippen LogP contribution in [0.5, 0.6) is 0 Å². The molecule has 1 aromatic heterocycles. The zero-order chi connectivity index (χ0) is 16.7. The van der Waals surface area contributed by atoms with Gasteiger partial charge in [0, 0.05) is 24.2 Å². The zero-order valence-electron chi connectivity index (χ0n) is 13.4. The normalized spacial score (nSPS) is 12.0. The number of benzene rings is 1. The summed E-state index contributed by atoms with van der Waals surface area (Å²) in [5.74, 6) is 1.05. The Hall–Kier alpha value is -2.41. The van der Waals surface area contributed by atoms with Crippen molar-refractivity contribution in [3.63, 3.8) is 0 Å². The molecule has 0 aliphatic heterocycles. The molecular formula is C16H22N4O3. The number of amides is 2. The molecule has 0 bridgehead atoms. The van der Waals surface area contributed by atoms with E-state index in [1.54, 1.807) is 24.3 Å². The molecule has 0 spiro atoms. The molecule has 0 saturated carbocycles. The predicted molar refractivity (Wildman–Crippen MR) is 87.0 cm³/mol. The van der Waals surface area contributed by atoms with Crippen molar-refractivity contribution in [2.24, 2.45) is 0 Å². The number of aromatic nitrogens is 2. The van der Waals surface area contributed by atoms with Gasteiger partial charge in [-0.15, -0.1) is 10.2 Å². The highest BCUT2D eigenvalue weighted by Gasteiger charge is 2.09. The Morgan fingerprint density at radius 3 is 2.61 bits per heavy atom. The molecule has 0 fully saturated rings. The van der Waals surface area contributed by atoms with Crippen molar-refractivity contribution in [1.29, 1.82) is 0 Å². The van der Waals surface area contributed by atoms with Crippen LogP contribution in [0.3, 0.4) is 0 Å². The Morgan fingerprint density at radius 2 is 2.00 bits per heavy atom. The highest BCUT2D eigenvalue weighted by molar-refractivity contribution is 5.89. The van der Waals surface area contributed by atoms with E-state index in [9.17, 15) is 9.90 Å². The van der Waals surface area contributed by atoms with Crippen LogP contribution in [0.4, 0.5) is 10.5 Å². The van der Waals surface area contributed by atoms with Crippen molar-refractivity contribution in [2.75, 3.05) is 11.9 Å². The van der Waals surface area contributed by atoms with Crippen LogP contribution in [-0.2, 0) is 6.42 Å². The summed E-state index contributed by atoms with van der Waals surface area (Å²) in [5, 5.41) is 22.8. The topological polar surface area (TPSA) is 100 Å². The van der Waals surface area contributed by atoms with E-state index in [2.05, 4.69) is 20.8 Å². The summed E-state index contributed by atoms with van der Waals surface area (Å²) in [6.07, 6.45) is 1.72. The van der Waals surface area contributed by atoms with Crippen LogP contribution < -0.4 is 10.6 Å². The number of anilines is 1. The van der Waals surface area contributed by atoms with Gasteiger partial charge in [0.1, 0.15) is 0 Å². The van der Waals surface area contributed by atoms with Crippen LogP contribution in [0.15, 0.2) is 28.7 Å². The first kappa shape index (κ1) is 17.0. The van der Waals surface area contributed by atoms with Crippen LogP contribution >= 0.6 is 0 Å². The van der Waals surface area contributed by atoms with Crippen molar-refractivity contribution in [3.8, 4) is 11.5 Å². The summed E-state index contributed by atoms with van der Waals surface area (Å²) in [4.78, 5) is 11.7. The van der Waals surface area contributed by atoms with Gasteiger partial charge >= 0.3 is 6.03 Å². The molecule has 0 radical (unpaired) electrons. The van der Waals surface area contributed by atoms with E-state index in [0.717, 1.165) is 12.0 Å². The molecule has 2 rings (SSSR count). The SMILES string of the molecule is CCCC(O)CNC(=O)Nc1ccc(-c2nnc(CC)o2)cc1. The Balaban J connectivity index is 1.88. The van der Waals surface area contributed by atoms with Gasteiger partial charge in [0.05, 0.1) is 6.10 Å². The largest absolute Gasteiger partial charge is 0.421 e. The third kappa shape index (κ3) is 5.07.